The number of ether oxygens (including phenoxy) is 1. The molecule has 1 aliphatic rings. The van der Waals surface area contributed by atoms with Crippen molar-refractivity contribution in [2.24, 2.45) is 0 Å². The van der Waals surface area contributed by atoms with Crippen LogP contribution in [-0.2, 0) is 9.53 Å². The highest BCUT2D eigenvalue weighted by molar-refractivity contribution is 6.00. The summed E-state index contributed by atoms with van der Waals surface area (Å²) < 4.78 is 5.31. The van der Waals surface area contributed by atoms with Crippen molar-refractivity contribution in [3.8, 4) is 0 Å². The summed E-state index contributed by atoms with van der Waals surface area (Å²) in [5.41, 5.74) is 0.474. The van der Waals surface area contributed by atoms with Gasteiger partial charge in [0.05, 0.1) is 25.3 Å². The first-order chi connectivity index (χ1) is 10.6. The lowest BCUT2D eigenvalue weighted by molar-refractivity contribution is -0.120. The van der Waals surface area contributed by atoms with Gasteiger partial charge < -0.3 is 20.3 Å². The molecule has 0 radical (unpaired) electrons. The van der Waals surface area contributed by atoms with E-state index in [2.05, 4.69) is 15.6 Å². The average molecular weight is 306 g/mol. The summed E-state index contributed by atoms with van der Waals surface area (Å²) >= 11 is 0. The van der Waals surface area contributed by atoms with E-state index in [1.54, 1.807) is 18.3 Å². The van der Waals surface area contributed by atoms with Gasteiger partial charge in [-0.3, -0.25) is 9.59 Å². The summed E-state index contributed by atoms with van der Waals surface area (Å²) in [6, 6.07) is 3.48. The lowest BCUT2D eigenvalue weighted by Gasteiger charge is -2.29. The molecule has 2 N–H and O–H groups in total. The molecule has 0 atom stereocenters. The number of anilines is 1. The quantitative estimate of drug-likeness (QED) is 0.810. The Bertz CT molecular complexity index is 527. The Labute approximate surface area is 130 Å². The van der Waals surface area contributed by atoms with Crippen LogP contribution in [0.15, 0.2) is 18.3 Å². The highest BCUT2D eigenvalue weighted by Crippen LogP contribution is 2.18. The molecular formula is C15H22N4O3. The van der Waals surface area contributed by atoms with E-state index in [4.69, 9.17) is 4.74 Å². The number of hydrogen-bond donors (Lipinski definition) is 2. The molecule has 2 rings (SSSR count). The number of carbonyl (C=O) groups is 2. The SMILES string of the molecule is CC(C)NC(=O)CNC(=O)c1cccnc1N1CCOCC1. The van der Waals surface area contributed by atoms with Gasteiger partial charge >= 0.3 is 0 Å². The first-order valence-corrected chi connectivity index (χ1v) is 7.43. The number of aromatic nitrogens is 1. The maximum atomic E-state index is 12.3. The van der Waals surface area contributed by atoms with Gasteiger partial charge in [0.15, 0.2) is 0 Å². The van der Waals surface area contributed by atoms with Gasteiger partial charge in [-0.2, -0.15) is 0 Å². The van der Waals surface area contributed by atoms with Crippen molar-refractivity contribution < 1.29 is 14.3 Å². The average Bonchev–Trinajstić information content (AvgIpc) is 2.53. The van der Waals surface area contributed by atoms with Crippen molar-refractivity contribution in [3.63, 3.8) is 0 Å². The number of rotatable bonds is 5. The molecule has 0 spiro atoms. The van der Waals surface area contributed by atoms with Gasteiger partial charge in [-0.05, 0) is 26.0 Å². The van der Waals surface area contributed by atoms with Crippen LogP contribution in [0, 0.1) is 0 Å². The van der Waals surface area contributed by atoms with E-state index >= 15 is 0 Å². The fourth-order valence-corrected chi connectivity index (χ4v) is 2.23. The maximum absolute atomic E-state index is 12.3. The molecule has 1 aromatic heterocycles. The van der Waals surface area contributed by atoms with E-state index in [0.29, 0.717) is 37.7 Å². The number of morpholine rings is 1. The van der Waals surface area contributed by atoms with Crippen molar-refractivity contribution in [2.75, 3.05) is 37.7 Å². The number of nitrogens with one attached hydrogen (secondary N) is 2. The summed E-state index contributed by atoms with van der Waals surface area (Å²) in [5, 5.41) is 5.37. The number of hydrogen-bond acceptors (Lipinski definition) is 5. The van der Waals surface area contributed by atoms with Crippen LogP contribution in [0.1, 0.15) is 24.2 Å². The normalized spacial score (nSPS) is 14.8. The predicted molar refractivity (Wildman–Crippen MR) is 82.9 cm³/mol. The van der Waals surface area contributed by atoms with Crippen molar-refractivity contribution in [1.82, 2.24) is 15.6 Å². The molecule has 120 valence electrons. The largest absolute Gasteiger partial charge is 0.378 e. The monoisotopic (exact) mass is 306 g/mol. The van der Waals surface area contributed by atoms with Crippen LogP contribution in [0.5, 0.6) is 0 Å². The Kier molecular flexibility index (Phi) is 5.71. The van der Waals surface area contributed by atoms with Gasteiger partial charge in [0.1, 0.15) is 5.82 Å². The van der Waals surface area contributed by atoms with Crippen LogP contribution in [0.4, 0.5) is 5.82 Å². The summed E-state index contributed by atoms with van der Waals surface area (Å²) in [4.78, 5) is 30.2. The molecule has 0 unspecified atom stereocenters. The molecule has 1 saturated heterocycles. The van der Waals surface area contributed by atoms with Gasteiger partial charge in [0.2, 0.25) is 5.91 Å². The zero-order valence-electron chi connectivity index (χ0n) is 13.0. The molecule has 1 aliphatic heterocycles. The van der Waals surface area contributed by atoms with E-state index in [1.165, 1.54) is 0 Å². The van der Waals surface area contributed by atoms with Gasteiger partial charge in [-0.25, -0.2) is 4.98 Å². The van der Waals surface area contributed by atoms with Crippen LogP contribution in [0.3, 0.4) is 0 Å². The second kappa shape index (κ2) is 7.74. The van der Waals surface area contributed by atoms with Crippen LogP contribution in [0.25, 0.3) is 0 Å². The Morgan fingerprint density at radius 1 is 1.36 bits per heavy atom. The van der Waals surface area contributed by atoms with E-state index in [9.17, 15) is 9.59 Å². The fourth-order valence-electron chi connectivity index (χ4n) is 2.23. The second-order valence-corrected chi connectivity index (χ2v) is 5.38. The number of amides is 2. The Balaban J connectivity index is 2.01. The standard InChI is InChI=1S/C15H22N4O3/c1-11(2)18-13(20)10-17-15(21)12-4-3-5-16-14(12)19-6-8-22-9-7-19/h3-5,11H,6-10H2,1-2H3,(H,17,21)(H,18,20). The van der Waals surface area contributed by atoms with Crippen LogP contribution < -0.4 is 15.5 Å². The van der Waals surface area contributed by atoms with Gasteiger partial charge in [0.25, 0.3) is 5.91 Å². The molecule has 1 fully saturated rings. The highest BCUT2D eigenvalue weighted by atomic mass is 16.5. The van der Waals surface area contributed by atoms with Crippen molar-refractivity contribution >= 4 is 17.6 Å². The van der Waals surface area contributed by atoms with E-state index in [1.807, 2.05) is 18.7 Å². The zero-order valence-corrected chi connectivity index (χ0v) is 13.0. The Morgan fingerprint density at radius 3 is 2.77 bits per heavy atom. The molecule has 0 aliphatic carbocycles. The topological polar surface area (TPSA) is 83.6 Å². The van der Waals surface area contributed by atoms with Crippen LogP contribution >= 0.6 is 0 Å². The Morgan fingerprint density at radius 2 is 2.09 bits per heavy atom. The lowest BCUT2D eigenvalue weighted by Crippen LogP contribution is -2.41. The van der Waals surface area contributed by atoms with Crippen molar-refractivity contribution in [1.29, 1.82) is 0 Å². The lowest BCUT2D eigenvalue weighted by atomic mass is 10.2. The minimum Gasteiger partial charge on any atom is -0.378 e. The Hall–Kier alpha value is -2.15. The zero-order chi connectivity index (χ0) is 15.9. The minimum atomic E-state index is -0.298. The smallest absolute Gasteiger partial charge is 0.255 e. The molecule has 2 heterocycles. The van der Waals surface area contributed by atoms with Crippen molar-refractivity contribution in [3.05, 3.63) is 23.9 Å². The first kappa shape index (κ1) is 16.2. The van der Waals surface area contributed by atoms with Gasteiger partial charge in [-0.1, -0.05) is 0 Å². The molecule has 22 heavy (non-hydrogen) atoms. The molecule has 7 nitrogen and oxygen atoms in total. The van der Waals surface area contributed by atoms with E-state index < -0.39 is 0 Å². The summed E-state index contributed by atoms with van der Waals surface area (Å²) in [6.45, 7) is 6.34. The third-order valence-electron chi connectivity index (χ3n) is 3.20. The highest BCUT2D eigenvalue weighted by Gasteiger charge is 2.20. The molecule has 2 amide bonds. The van der Waals surface area contributed by atoms with Crippen LogP contribution in [-0.4, -0.2) is 55.7 Å². The maximum Gasteiger partial charge on any atom is 0.255 e. The van der Waals surface area contributed by atoms with Gasteiger partial charge in [-0.15, -0.1) is 0 Å². The molecule has 0 saturated carbocycles. The summed E-state index contributed by atoms with van der Waals surface area (Å²) in [6.07, 6.45) is 1.66. The third kappa shape index (κ3) is 4.42. The molecule has 7 heteroatoms. The summed E-state index contributed by atoms with van der Waals surface area (Å²) in [5.74, 6) is 0.126. The first-order valence-electron chi connectivity index (χ1n) is 7.43. The fraction of sp³-hybridized carbons (Fsp3) is 0.533. The number of pyridine rings is 1. The van der Waals surface area contributed by atoms with Gasteiger partial charge in [0, 0.05) is 25.3 Å². The summed E-state index contributed by atoms with van der Waals surface area (Å²) in [7, 11) is 0. The minimum absolute atomic E-state index is 0.0472. The molecular weight excluding hydrogens is 284 g/mol. The number of nitrogens with zero attached hydrogens (tertiary/aromatic N) is 2. The van der Waals surface area contributed by atoms with E-state index in [-0.39, 0.29) is 24.4 Å². The predicted octanol–water partition coefficient (Wildman–Crippen LogP) is 0.173. The second-order valence-electron chi connectivity index (χ2n) is 5.38. The van der Waals surface area contributed by atoms with E-state index in [0.717, 1.165) is 0 Å². The third-order valence-corrected chi connectivity index (χ3v) is 3.20. The molecule has 0 bridgehead atoms. The number of carbonyl (C=O) groups excluding carboxylic acids is 2. The molecule has 0 aromatic carbocycles. The molecule has 1 aromatic rings. The van der Waals surface area contributed by atoms with Crippen LogP contribution in [0.2, 0.25) is 0 Å². The van der Waals surface area contributed by atoms with Crippen molar-refractivity contribution in [2.45, 2.75) is 19.9 Å².